The third-order valence-electron chi connectivity index (χ3n) is 4.20. The second kappa shape index (κ2) is 6.01. The van der Waals surface area contributed by atoms with Gasteiger partial charge in [-0.1, -0.05) is 6.92 Å². The summed E-state index contributed by atoms with van der Waals surface area (Å²) in [5, 5.41) is 7.82. The first-order chi connectivity index (χ1) is 9.09. The lowest BCUT2D eigenvalue weighted by atomic mass is 9.78. The van der Waals surface area contributed by atoms with E-state index in [0.29, 0.717) is 6.04 Å². The van der Waals surface area contributed by atoms with Crippen LogP contribution in [0.15, 0.2) is 6.33 Å². The van der Waals surface area contributed by atoms with Crippen molar-refractivity contribution in [3.8, 4) is 0 Å². The van der Waals surface area contributed by atoms with E-state index in [2.05, 4.69) is 43.1 Å². The summed E-state index contributed by atoms with van der Waals surface area (Å²) in [5.74, 6) is 1.07. The van der Waals surface area contributed by atoms with Crippen LogP contribution >= 0.6 is 0 Å². The molecule has 0 saturated carbocycles. The molecule has 0 aromatic carbocycles. The van der Waals surface area contributed by atoms with Crippen molar-refractivity contribution in [3.05, 3.63) is 12.2 Å². The number of rotatable bonds is 6. The SMILES string of the molecule is CCNCC1(Cc2ncnn2C(C)C)CCOC1C. The van der Waals surface area contributed by atoms with E-state index in [1.54, 1.807) is 6.33 Å². The number of hydrogen-bond acceptors (Lipinski definition) is 4. The molecule has 1 aromatic rings. The molecule has 1 N–H and O–H groups in total. The van der Waals surface area contributed by atoms with Crippen molar-refractivity contribution in [1.29, 1.82) is 0 Å². The number of nitrogens with zero attached hydrogens (tertiary/aromatic N) is 3. The van der Waals surface area contributed by atoms with Gasteiger partial charge in [-0.15, -0.1) is 0 Å². The van der Waals surface area contributed by atoms with Crippen LogP contribution in [-0.2, 0) is 11.2 Å². The Labute approximate surface area is 115 Å². The van der Waals surface area contributed by atoms with Crippen LogP contribution in [0.4, 0.5) is 0 Å². The Hall–Kier alpha value is -0.940. The molecular formula is C14H26N4O. The van der Waals surface area contributed by atoms with Gasteiger partial charge < -0.3 is 10.1 Å². The summed E-state index contributed by atoms with van der Waals surface area (Å²) in [6, 6.07) is 0.353. The highest BCUT2D eigenvalue weighted by Gasteiger charge is 2.42. The first kappa shape index (κ1) is 14.5. The van der Waals surface area contributed by atoms with Crippen molar-refractivity contribution in [2.75, 3.05) is 19.7 Å². The minimum atomic E-state index is 0.148. The molecule has 2 unspecified atom stereocenters. The molecule has 2 rings (SSSR count). The fourth-order valence-corrected chi connectivity index (χ4v) is 2.87. The molecule has 2 heterocycles. The average Bonchev–Trinajstić information content (AvgIpc) is 2.96. The molecule has 0 spiro atoms. The fraction of sp³-hybridized carbons (Fsp3) is 0.857. The first-order valence-electron chi connectivity index (χ1n) is 7.30. The third kappa shape index (κ3) is 2.98. The standard InChI is InChI=1S/C14H26N4O/c1-5-15-9-14(6-7-19-12(14)4)8-13-16-10-17-18(13)11(2)3/h10-12,15H,5-9H2,1-4H3. The quantitative estimate of drug-likeness (QED) is 0.853. The molecule has 0 radical (unpaired) electrons. The van der Waals surface area contributed by atoms with E-state index in [-0.39, 0.29) is 11.5 Å². The Morgan fingerprint density at radius 2 is 2.37 bits per heavy atom. The van der Waals surface area contributed by atoms with Crippen LogP contribution < -0.4 is 5.32 Å². The lowest BCUT2D eigenvalue weighted by Crippen LogP contribution is -2.42. The van der Waals surface area contributed by atoms with E-state index in [1.807, 2.05) is 4.68 Å². The molecule has 19 heavy (non-hydrogen) atoms. The van der Waals surface area contributed by atoms with Gasteiger partial charge in [0.25, 0.3) is 0 Å². The van der Waals surface area contributed by atoms with E-state index >= 15 is 0 Å². The summed E-state index contributed by atoms with van der Waals surface area (Å²) >= 11 is 0. The zero-order valence-corrected chi connectivity index (χ0v) is 12.5. The van der Waals surface area contributed by atoms with Crippen LogP contribution in [0, 0.1) is 5.41 Å². The summed E-state index contributed by atoms with van der Waals surface area (Å²) in [6.45, 7) is 11.4. The van der Waals surface area contributed by atoms with Gasteiger partial charge in [-0.25, -0.2) is 9.67 Å². The predicted molar refractivity (Wildman–Crippen MR) is 75.1 cm³/mol. The van der Waals surface area contributed by atoms with Crippen molar-refractivity contribution < 1.29 is 4.74 Å². The van der Waals surface area contributed by atoms with E-state index in [0.717, 1.165) is 38.4 Å². The van der Waals surface area contributed by atoms with Crippen molar-refractivity contribution >= 4 is 0 Å². The van der Waals surface area contributed by atoms with Gasteiger partial charge in [-0.3, -0.25) is 0 Å². The highest BCUT2D eigenvalue weighted by molar-refractivity contribution is 5.01. The van der Waals surface area contributed by atoms with Gasteiger partial charge in [-0.05, 0) is 33.7 Å². The molecule has 108 valence electrons. The second-order valence-corrected chi connectivity index (χ2v) is 5.80. The van der Waals surface area contributed by atoms with Gasteiger partial charge in [0.2, 0.25) is 0 Å². The lowest BCUT2D eigenvalue weighted by Gasteiger charge is -2.32. The van der Waals surface area contributed by atoms with E-state index < -0.39 is 0 Å². The summed E-state index contributed by atoms with van der Waals surface area (Å²) in [6.07, 6.45) is 3.95. The number of nitrogens with one attached hydrogen (secondary N) is 1. The topological polar surface area (TPSA) is 52.0 Å². The summed E-state index contributed by atoms with van der Waals surface area (Å²) in [7, 11) is 0. The average molecular weight is 266 g/mol. The molecule has 1 aliphatic heterocycles. The molecule has 1 aliphatic rings. The molecule has 5 heteroatoms. The summed E-state index contributed by atoms with van der Waals surface area (Å²) in [4.78, 5) is 4.46. The molecule has 1 aromatic heterocycles. The summed E-state index contributed by atoms with van der Waals surface area (Å²) < 4.78 is 7.84. The van der Waals surface area contributed by atoms with Gasteiger partial charge in [0.15, 0.2) is 0 Å². The minimum absolute atomic E-state index is 0.148. The molecule has 0 aliphatic carbocycles. The van der Waals surface area contributed by atoms with Crippen molar-refractivity contribution in [2.45, 2.75) is 52.7 Å². The highest BCUT2D eigenvalue weighted by Crippen LogP contribution is 2.37. The van der Waals surface area contributed by atoms with E-state index in [9.17, 15) is 0 Å². The molecule has 0 amide bonds. The Balaban J connectivity index is 2.18. The normalized spacial score (nSPS) is 27.3. The van der Waals surface area contributed by atoms with Crippen LogP contribution in [0.3, 0.4) is 0 Å². The molecule has 0 bridgehead atoms. The van der Waals surface area contributed by atoms with Crippen molar-refractivity contribution in [1.82, 2.24) is 20.1 Å². The van der Waals surface area contributed by atoms with E-state index in [4.69, 9.17) is 4.74 Å². The van der Waals surface area contributed by atoms with Crippen LogP contribution in [0.2, 0.25) is 0 Å². The number of aromatic nitrogens is 3. The predicted octanol–water partition coefficient (Wildman–Crippen LogP) is 1.81. The maximum atomic E-state index is 5.82. The zero-order chi connectivity index (χ0) is 13.9. The highest BCUT2D eigenvalue weighted by atomic mass is 16.5. The molecule has 5 nitrogen and oxygen atoms in total. The third-order valence-corrected chi connectivity index (χ3v) is 4.20. The largest absolute Gasteiger partial charge is 0.378 e. The Morgan fingerprint density at radius 3 is 2.95 bits per heavy atom. The molecular weight excluding hydrogens is 240 g/mol. The van der Waals surface area contributed by atoms with Gasteiger partial charge >= 0.3 is 0 Å². The van der Waals surface area contributed by atoms with Crippen molar-refractivity contribution in [2.24, 2.45) is 5.41 Å². The first-order valence-corrected chi connectivity index (χ1v) is 7.30. The Kier molecular flexibility index (Phi) is 4.58. The van der Waals surface area contributed by atoms with Gasteiger partial charge in [-0.2, -0.15) is 5.10 Å². The molecule has 1 fully saturated rings. The molecule has 1 saturated heterocycles. The second-order valence-electron chi connectivity index (χ2n) is 5.80. The summed E-state index contributed by atoms with van der Waals surface area (Å²) in [5.41, 5.74) is 0.148. The Morgan fingerprint density at radius 1 is 1.58 bits per heavy atom. The lowest BCUT2D eigenvalue weighted by molar-refractivity contribution is 0.0616. The van der Waals surface area contributed by atoms with Crippen LogP contribution in [0.5, 0.6) is 0 Å². The zero-order valence-electron chi connectivity index (χ0n) is 12.5. The monoisotopic (exact) mass is 266 g/mol. The van der Waals surface area contributed by atoms with E-state index in [1.165, 1.54) is 0 Å². The maximum Gasteiger partial charge on any atom is 0.138 e. The minimum Gasteiger partial charge on any atom is -0.378 e. The Bertz CT molecular complexity index is 404. The number of ether oxygens (including phenoxy) is 1. The van der Waals surface area contributed by atoms with Crippen LogP contribution in [0.1, 0.15) is 46.0 Å². The van der Waals surface area contributed by atoms with Gasteiger partial charge in [0.1, 0.15) is 12.2 Å². The smallest absolute Gasteiger partial charge is 0.138 e. The maximum absolute atomic E-state index is 5.82. The van der Waals surface area contributed by atoms with Crippen molar-refractivity contribution in [3.63, 3.8) is 0 Å². The molecule has 2 atom stereocenters. The fourth-order valence-electron chi connectivity index (χ4n) is 2.87. The van der Waals surface area contributed by atoms with Crippen LogP contribution in [-0.4, -0.2) is 40.6 Å². The van der Waals surface area contributed by atoms with Gasteiger partial charge in [0, 0.05) is 31.0 Å². The number of hydrogen-bond donors (Lipinski definition) is 1. The van der Waals surface area contributed by atoms with Gasteiger partial charge in [0.05, 0.1) is 6.10 Å². The van der Waals surface area contributed by atoms with Crippen LogP contribution in [0.25, 0.3) is 0 Å².